The van der Waals surface area contributed by atoms with Crippen molar-refractivity contribution in [1.82, 2.24) is 0 Å². The summed E-state index contributed by atoms with van der Waals surface area (Å²) in [5.41, 5.74) is 4.09. The Balaban J connectivity index is 1.52. The molecular weight excluding hydrogens is 362 g/mol. The van der Waals surface area contributed by atoms with Gasteiger partial charge in [0.25, 0.3) is 0 Å². The van der Waals surface area contributed by atoms with Gasteiger partial charge in [0.1, 0.15) is 11.4 Å². The molecule has 2 aliphatic heterocycles. The second-order valence-corrected chi connectivity index (χ2v) is 9.90. The minimum Gasteiger partial charge on any atom is -0.497 e. The summed E-state index contributed by atoms with van der Waals surface area (Å²) in [6.45, 7) is 0. The summed E-state index contributed by atoms with van der Waals surface area (Å²) < 4.78 is 5.64. The molecule has 0 N–H and O–H groups in total. The topological polar surface area (TPSA) is 30.9 Å². The average Bonchev–Trinajstić information content (AvgIpc) is 2.72. The molecule has 2 aromatic rings. The van der Waals surface area contributed by atoms with Crippen LogP contribution < -0.4 is 9.64 Å². The summed E-state index contributed by atoms with van der Waals surface area (Å²) >= 11 is 0. The van der Waals surface area contributed by atoms with Crippen LogP contribution in [0.3, 0.4) is 0 Å². The molecule has 0 aromatic heterocycles. The van der Waals surface area contributed by atoms with Crippen LogP contribution in [0.5, 0.6) is 5.75 Å². The molecule has 6 aliphatic rings. The van der Waals surface area contributed by atoms with E-state index in [1.165, 1.54) is 54.6 Å². The summed E-state index contributed by atoms with van der Waals surface area (Å²) in [7, 11) is 3.89. The zero-order valence-corrected chi connectivity index (χ0v) is 17.1. The Bertz CT molecular complexity index is 989. The fraction of sp³-hybridized carbons (Fsp3) is 0.520. The van der Waals surface area contributed by atoms with E-state index in [-0.39, 0.29) is 5.60 Å². The van der Waals surface area contributed by atoms with Crippen molar-refractivity contribution in [3.8, 4) is 5.75 Å². The highest BCUT2D eigenvalue weighted by atomic mass is 17.3. The van der Waals surface area contributed by atoms with E-state index in [2.05, 4.69) is 54.4 Å². The predicted molar refractivity (Wildman–Crippen MR) is 110 cm³/mol. The van der Waals surface area contributed by atoms with Gasteiger partial charge in [0.05, 0.1) is 7.11 Å². The van der Waals surface area contributed by atoms with Gasteiger partial charge in [-0.1, -0.05) is 18.2 Å². The van der Waals surface area contributed by atoms with Crippen molar-refractivity contribution in [3.63, 3.8) is 0 Å². The Morgan fingerprint density at radius 1 is 0.862 bits per heavy atom. The van der Waals surface area contributed by atoms with Gasteiger partial charge in [-0.3, -0.25) is 0 Å². The van der Waals surface area contributed by atoms with Gasteiger partial charge in [0.2, 0.25) is 0 Å². The molecule has 0 radical (unpaired) electrons. The average molecular weight is 389 g/mol. The molecule has 4 nitrogen and oxygen atoms in total. The maximum atomic E-state index is 6.36. The lowest BCUT2D eigenvalue weighted by Crippen LogP contribution is -2.76. The molecule has 0 amide bonds. The maximum Gasteiger partial charge on any atom is 0.190 e. The van der Waals surface area contributed by atoms with E-state index in [1.54, 1.807) is 7.11 Å². The first kappa shape index (κ1) is 16.7. The third-order valence-electron chi connectivity index (χ3n) is 8.79. The van der Waals surface area contributed by atoms with E-state index in [1.807, 2.05) is 0 Å². The molecular formula is C25H27NO3. The van der Waals surface area contributed by atoms with Crippen LogP contribution >= 0.6 is 0 Å². The maximum absolute atomic E-state index is 6.36. The van der Waals surface area contributed by atoms with Crippen molar-refractivity contribution in [2.24, 2.45) is 23.7 Å². The summed E-state index contributed by atoms with van der Waals surface area (Å²) in [6, 6.07) is 15.2. The highest BCUT2D eigenvalue weighted by molar-refractivity contribution is 5.79. The van der Waals surface area contributed by atoms with Gasteiger partial charge in [-0.25, -0.2) is 9.78 Å². The molecule has 8 rings (SSSR count). The van der Waals surface area contributed by atoms with E-state index < -0.39 is 5.60 Å². The molecule has 5 fully saturated rings. The second-order valence-electron chi connectivity index (χ2n) is 9.90. The number of nitrogens with zero attached hydrogens (tertiary/aromatic N) is 1. The number of hydrogen-bond acceptors (Lipinski definition) is 4. The molecule has 4 bridgehead atoms. The highest BCUT2D eigenvalue weighted by Gasteiger charge is 2.77. The predicted octanol–water partition coefficient (Wildman–Crippen LogP) is 5.18. The fourth-order valence-corrected chi connectivity index (χ4v) is 7.88. The summed E-state index contributed by atoms with van der Waals surface area (Å²) in [5, 5.41) is 0. The number of hydrogen-bond donors (Lipinski definition) is 0. The van der Waals surface area contributed by atoms with Crippen molar-refractivity contribution >= 4 is 11.4 Å². The Kier molecular flexibility index (Phi) is 3.09. The third-order valence-corrected chi connectivity index (χ3v) is 8.79. The zero-order chi connectivity index (χ0) is 19.4. The Hall–Kier alpha value is -2.04. The molecule has 2 spiro atoms. The van der Waals surface area contributed by atoms with Crippen LogP contribution in [-0.4, -0.2) is 19.8 Å². The molecule has 4 aliphatic carbocycles. The lowest BCUT2D eigenvalue weighted by atomic mass is 9.44. The van der Waals surface area contributed by atoms with Crippen molar-refractivity contribution in [1.29, 1.82) is 0 Å². The number of fused-ring (bicyclic) bond motifs is 4. The molecule has 1 atom stereocenters. The number of rotatable bonds is 1. The lowest BCUT2D eigenvalue weighted by Gasteiger charge is -2.70. The van der Waals surface area contributed by atoms with Gasteiger partial charge >= 0.3 is 0 Å². The molecule has 2 heterocycles. The van der Waals surface area contributed by atoms with Crippen molar-refractivity contribution in [2.45, 2.75) is 43.3 Å². The normalized spacial score (nSPS) is 40.7. The van der Waals surface area contributed by atoms with Crippen LogP contribution in [0.25, 0.3) is 0 Å². The third kappa shape index (κ3) is 1.76. The van der Waals surface area contributed by atoms with Crippen LogP contribution in [0.4, 0.5) is 11.4 Å². The van der Waals surface area contributed by atoms with Crippen LogP contribution in [0, 0.1) is 23.7 Å². The first-order valence-electron chi connectivity index (χ1n) is 11.1. The number of benzene rings is 2. The lowest BCUT2D eigenvalue weighted by molar-refractivity contribution is -0.583. The number of ether oxygens (including phenoxy) is 1. The van der Waals surface area contributed by atoms with Crippen LogP contribution in [0.15, 0.2) is 42.5 Å². The zero-order valence-electron chi connectivity index (χ0n) is 17.1. The summed E-state index contributed by atoms with van der Waals surface area (Å²) in [5.74, 6) is 3.79. The fourth-order valence-electron chi connectivity index (χ4n) is 7.88. The molecule has 4 heteroatoms. The van der Waals surface area contributed by atoms with Crippen molar-refractivity contribution < 1.29 is 14.5 Å². The second kappa shape index (κ2) is 5.35. The summed E-state index contributed by atoms with van der Waals surface area (Å²) in [4.78, 5) is 15.0. The van der Waals surface area contributed by atoms with Gasteiger partial charge in [-0.15, -0.1) is 0 Å². The highest BCUT2D eigenvalue weighted by Crippen LogP contribution is 2.73. The van der Waals surface area contributed by atoms with Gasteiger partial charge in [0, 0.05) is 29.5 Å². The minimum absolute atomic E-state index is 0.251. The van der Waals surface area contributed by atoms with E-state index in [0.29, 0.717) is 11.8 Å². The Morgan fingerprint density at radius 3 is 2.21 bits per heavy atom. The standard InChI is InChI=1S/C25H27NO3/c1-26-22-6-4-3-5-20(22)25(21-14-19(27-2)7-8-23(21)26)24(28-29-25)17-10-15-9-16(12-17)13-18(24)11-15/h3-8,14-18H,9-13H2,1-2H3. The largest absolute Gasteiger partial charge is 0.497 e. The van der Waals surface area contributed by atoms with E-state index in [4.69, 9.17) is 14.5 Å². The molecule has 4 saturated carbocycles. The Morgan fingerprint density at radius 2 is 1.55 bits per heavy atom. The number of para-hydroxylation sites is 1. The van der Waals surface area contributed by atoms with E-state index in [0.717, 1.165) is 17.6 Å². The molecule has 1 saturated heterocycles. The first-order chi connectivity index (χ1) is 14.2. The number of methoxy groups -OCH3 is 1. The van der Waals surface area contributed by atoms with Crippen LogP contribution in [0.2, 0.25) is 0 Å². The first-order valence-corrected chi connectivity index (χ1v) is 11.1. The van der Waals surface area contributed by atoms with E-state index >= 15 is 0 Å². The van der Waals surface area contributed by atoms with E-state index in [9.17, 15) is 0 Å². The van der Waals surface area contributed by atoms with Crippen LogP contribution in [0.1, 0.15) is 43.2 Å². The molecule has 1 unspecified atom stereocenters. The quantitative estimate of drug-likeness (QED) is 0.629. The van der Waals surface area contributed by atoms with Gasteiger partial charge in [0.15, 0.2) is 5.60 Å². The minimum atomic E-state index is -0.539. The van der Waals surface area contributed by atoms with Gasteiger partial charge < -0.3 is 9.64 Å². The van der Waals surface area contributed by atoms with Crippen molar-refractivity contribution in [3.05, 3.63) is 53.6 Å². The molecule has 150 valence electrons. The van der Waals surface area contributed by atoms with Gasteiger partial charge in [-0.05, 0) is 80.0 Å². The van der Waals surface area contributed by atoms with Gasteiger partial charge in [-0.2, -0.15) is 0 Å². The SMILES string of the molecule is COc1ccc2c(c1)C1(OOC13C1CC4CC(C1)CC3C4)c1ccccc1N2C. The smallest absolute Gasteiger partial charge is 0.190 e. The van der Waals surface area contributed by atoms with Crippen molar-refractivity contribution in [2.75, 3.05) is 19.1 Å². The van der Waals surface area contributed by atoms with Crippen LogP contribution in [-0.2, 0) is 15.4 Å². The molecule has 2 aromatic carbocycles. The monoisotopic (exact) mass is 389 g/mol. The summed E-state index contributed by atoms with van der Waals surface area (Å²) in [6.07, 6.45) is 6.58. The Labute approximate surface area is 171 Å². The molecule has 29 heavy (non-hydrogen) atoms. The number of anilines is 2.